The average molecular weight is 536 g/mol. The molecule has 0 radical (unpaired) electrons. The third-order valence-electron chi connectivity index (χ3n) is 7.18. The zero-order valence-electron chi connectivity index (χ0n) is 23.1. The first-order chi connectivity index (χ1) is 18.8. The summed E-state index contributed by atoms with van der Waals surface area (Å²) in [6, 6.07) is 16.1. The van der Waals surface area contributed by atoms with Gasteiger partial charge in [-0.05, 0) is 49.1 Å². The molecular formula is C30H41N5O4. The highest BCUT2D eigenvalue weighted by molar-refractivity contribution is 6.04. The topological polar surface area (TPSA) is 132 Å². The predicted molar refractivity (Wildman–Crippen MR) is 151 cm³/mol. The fourth-order valence-electron chi connectivity index (χ4n) is 4.44. The molecule has 1 saturated heterocycles. The van der Waals surface area contributed by atoms with E-state index in [1.165, 1.54) is 5.56 Å². The second-order valence-corrected chi connectivity index (χ2v) is 10.2. The maximum Gasteiger partial charge on any atom is 0.412 e. The Morgan fingerprint density at radius 1 is 1.08 bits per heavy atom. The molecule has 1 heterocycles. The van der Waals surface area contributed by atoms with Crippen molar-refractivity contribution in [2.45, 2.75) is 71.0 Å². The lowest BCUT2D eigenvalue weighted by atomic mass is 9.96. The summed E-state index contributed by atoms with van der Waals surface area (Å²) in [5, 5.41) is 19.4. The van der Waals surface area contributed by atoms with Gasteiger partial charge < -0.3 is 20.7 Å². The number of ether oxygens (including phenoxy) is 1. The first kappa shape index (κ1) is 29.8. The minimum absolute atomic E-state index is 0.0520. The summed E-state index contributed by atoms with van der Waals surface area (Å²) in [6.07, 6.45) is 2.94. The summed E-state index contributed by atoms with van der Waals surface area (Å²) in [4.78, 5) is 37.2. The van der Waals surface area contributed by atoms with Gasteiger partial charge in [-0.3, -0.25) is 20.3 Å². The fourth-order valence-corrected chi connectivity index (χ4v) is 4.44. The van der Waals surface area contributed by atoms with Crippen LogP contribution in [0.4, 0.5) is 4.79 Å². The van der Waals surface area contributed by atoms with Gasteiger partial charge in [-0.15, -0.1) is 0 Å². The van der Waals surface area contributed by atoms with Crippen LogP contribution in [0.2, 0.25) is 0 Å². The lowest BCUT2D eigenvalue weighted by molar-refractivity contribution is -0.129. The highest BCUT2D eigenvalue weighted by Gasteiger charge is 2.31. The highest BCUT2D eigenvalue weighted by Crippen LogP contribution is 2.25. The number of hydrogen-bond donors (Lipinski definition) is 5. The van der Waals surface area contributed by atoms with Gasteiger partial charge in [0.15, 0.2) is 0 Å². The van der Waals surface area contributed by atoms with Gasteiger partial charge in [0.05, 0.1) is 12.6 Å². The third kappa shape index (κ3) is 9.51. The SMILES string of the molecule is CCC(C)CCCOC(=O)NC(=N)c1ccc(CNC(=O)[C@H](C)NC(=O)[C@H]2C[C@H](c3ccccc3)CN2)cc1. The molecule has 9 heteroatoms. The Morgan fingerprint density at radius 3 is 2.49 bits per heavy atom. The fraction of sp³-hybridized carbons (Fsp3) is 0.467. The Bertz CT molecular complexity index is 1110. The van der Waals surface area contributed by atoms with E-state index in [9.17, 15) is 14.4 Å². The molecule has 0 bridgehead atoms. The van der Waals surface area contributed by atoms with Crippen LogP contribution < -0.4 is 21.3 Å². The molecule has 9 nitrogen and oxygen atoms in total. The normalized spacial score (nSPS) is 18.0. The van der Waals surface area contributed by atoms with E-state index in [0.717, 1.165) is 31.4 Å². The smallest absolute Gasteiger partial charge is 0.412 e. The van der Waals surface area contributed by atoms with Crippen molar-refractivity contribution in [1.29, 1.82) is 5.41 Å². The molecule has 0 saturated carbocycles. The largest absolute Gasteiger partial charge is 0.449 e. The van der Waals surface area contributed by atoms with Crippen molar-refractivity contribution in [1.82, 2.24) is 21.3 Å². The van der Waals surface area contributed by atoms with Crippen LogP contribution in [0.25, 0.3) is 0 Å². The molecule has 2 aromatic rings. The Labute approximate surface area is 231 Å². The number of rotatable bonds is 12. The molecule has 4 atom stereocenters. The van der Waals surface area contributed by atoms with Crippen LogP contribution in [0.5, 0.6) is 0 Å². The summed E-state index contributed by atoms with van der Waals surface area (Å²) >= 11 is 0. The van der Waals surface area contributed by atoms with Crippen molar-refractivity contribution in [3.05, 3.63) is 71.3 Å². The molecule has 5 N–H and O–H groups in total. The number of amides is 3. The molecule has 2 aromatic carbocycles. The molecule has 1 aliphatic heterocycles. The average Bonchev–Trinajstić information content (AvgIpc) is 3.45. The van der Waals surface area contributed by atoms with E-state index in [2.05, 4.69) is 47.2 Å². The molecule has 39 heavy (non-hydrogen) atoms. The van der Waals surface area contributed by atoms with Gasteiger partial charge >= 0.3 is 6.09 Å². The van der Waals surface area contributed by atoms with Gasteiger partial charge in [-0.2, -0.15) is 0 Å². The van der Waals surface area contributed by atoms with Crippen LogP contribution in [-0.4, -0.2) is 49.0 Å². The molecule has 0 aliphatic carbocycles. The Morgan fingerprint density at radius 2 is 1.79 bits per heavy atom. The zero-order valence-corrected chi connectivity index (χ0v) is 23.1. The standard InChI is InChI=1S/C30H41N5O4/c1-4-20(2)9-8-16-39-30(38)35-27(31)24-14-12-22(13-15-24)18-33-28(36)21(3)34-29(37)26-17-25(19-32-26)23-10-6-5-7-11-23/h5-7,10-15,20-21,25-26,32H,4,8-9,16-19H2,1-3H3,(H,33,36)(H,34,37)(H2,31,35,38)/t20?,21-,25-,26+/m0/s1. The second-order valence-electron chi connectivity index (χ2n) is 10.2. The number of carbonyl (C=O) groups excluding carboxylic acids is 3. The van der Waals surface area contributed by atoms with E-state index in [1.807, 2.05) is 18.2 Å². The number of carbonyl (C=O) groups is 3. The number of amidine groups is 1. The maximum absolute atomic E-state index is 12.7. The quantitative estimate of drug-likeness (QED) is 0.160. The van der Waals surface area contributed by atoms with Crippen molar-refractivity contribution in [3.63, 3.8) is 0 Å². The summed E-state index contributed by atoms with van der Waals surface area (Å²) in [5.74, 6) is 0.360. The van der Waals surface area contributed by atoms with Crippen LogP contribution in [-0.2, 0) is 20.9 Å². The van der Waals surface area contributed by atoms with Crippen molar-refractivity contribution < 1.29 is 19.1 Å². The van der Waals surface area contributed by atoms with Crippen molar-refractivity contribution >= 4 is 23.7 Å². The monoisotopic (exact) mass is 535 g/mol. The molecule has 1 fully saturated rings. The van der Waals surface area contributed by atoms with E-state index >= 15 is 0 Å². The van der Waals surface area contributed by atoms with Crippen LogP contribution in [0.1, 0.15) is 69.1 Å². The minimum atomic E-state index is -0.678. The van der Waals surface area contributed by atoms with E-state index in [-0.39, 0.29) is 36.2 Å². The Kier molecular flexibility index (Phi) is 11.5. The van der Waals surface area contributed by atoms with Crippen LogP contribution in [0.3, 0.4) is 0 Å². The number of benzene rings is 2. The molecule has 0 aromatic heterocycles. The lowest BCUT2D eigenvalue weighted by Crippen LogP contribution is -2.49. The Hall–Kier alpha value is -3.72. The van der Waals surface area contributed by atoms with Crippen molar-refractivity contribution in [3.8, 4) is 0 Å². The summed E-state index contributed by atoms with van der Waals surface area (Å²) in [6.45, 7) is 7.29. The minimum Gasteiger partial charge on any atom is -0.449 e. The molecular weight excluding hydrogens is 494 g/mol. The van der Waals surface area contributed by atoms with Gasteiger partial charge in [0.25, 0.3) is 0 Å². The summed E-state index contributed by atoms with van der Waals surface area (Å²) in [7, 11) is 0. The number of nitrogens with one attached hydrogen (secondary N) is 5. The lowest BCUT2D eigenvalue weighted by Gasteiger charge is -2.17. The van der Waals surface area contributed by atoms with Crippen LogP contribution in [0, 0.1) is 11.3 Å². The summed E-state index contributed by atoms with van der Waals surface area (Å²) in [5.41, 5.74) is 2.56. The van der Waals surface area contributed by atoms with Crippen LogP contribution >= 0.6 is 0 Å². The molecule has 210 valence electrons. The van der Waals surface area contributed by atoms with Crippen molar-refractivity contribution in [2.75, 3.05) is 13.2 Å². The molecule has 3 amide bonds. The third-order valence-corrected chi connectivity index (χ3v) is 7.18. The van der Waals surface area contributed by atoms with E-state index in [1.54, 1.807) is 31.2 Å². The number of hydrogen-bond acceptors (Lipinski definition) is 6. The zero-order chi connectivity index (χ0) is 28.2. The Balaban J connectivity index is 1.36. The molecule has 1 aliphatic rings. The van der Waals surface area contributed by atoms with Gasteiger partial charge in [-0.1, -0.05) is 74.9 Å². The predicted octanol–water partition coefficient (Wildman–Crippen LogP) is 3.83. The number of alkyl carbamates (subject to hydrolysis) is 1. The van der Waals surface area contributed by atoms with Gasteiger partial charge in [-0.25, -0.2) is 4.79 Å². The first-order valence-electron chi connectivity index (χ1n) is 13.7. The summed E-state index contributed by atoms with van der Waals surface area (Å²) < 4.78 is 5.15. The van der Waals surface area contributed by atoms with Gasteiger partial charge in [0.1, 0.15) is 11.9 Å². The molecule has 1 unspecified atom stereocenters. The molecule has 0 spiro atoms. The van der Waals surface area contributed by atoms with Gasteiger partial charge in [0, 0.05) is 18.7 Å². The van der Waals surface area contributed by atoms with E-state index < -0.39 is 12.1 Å². The second kappa shape index (κ2) is 15.0. The van der Waals surface area contributed by atoms with E-state index in [0.29, 0.717) is 24.5 Å². The maximum atomic E-state index is 12.7. The highest BCUT2D eigenvalue weighted by atomic mass is 16.5. The van der Waals surface area contributed by atoms with E-state index in [4.69, 9.17) is 10.1 Å². The van der Waals surface area contributed by atoms with Gasteiger partial charge in [0.2, 0.25) is 11.8 Å². The van der Waals surface area contributed by atoms with Crippen molar-refractivity contribution in [2.24, 2.45) is 5.92 Å². The molecule has 3 rings (SSSR count). The first-order valence-corrected chi connectivity index (χ1v) is 13.7. The van der Waals surface area contributed by atoms with Crippen LogP contribution in [0.15, 0.2) is 54.6 Å².